The molecule has 0 amide bonds. The third-order valence-electron chi connectivity index (χ3n) is 3.82. The van der Waals surface area contributed by atoms with Gasteiger partial charge in [-0.25, -0.2) is 9.97 Å². The average molecular weight is 288 g/mol. The van der Waals surface area contributed by atoms with E-state index in [1.54, 1.807) is 0 Å². The zero-order chi connectivity index (χ0) is 15.1. The molecule has 0 saturated heterocycles. The Labute approximate surface area is 128 Å². The van der Waals surface area contributed by atoms with Gasteiger partial charge in [-0.05, 0) is 18.1 Å². The molecule has 0 aliphatic heterocycles. The Morgan fingerprint density at radius 1 is 0.864 bits per heavy atom. The molecule has 108 valence electrons. The number of rotatable bonds is 2. The van der Waals surface area contributed by atoms with Gasteiger partial charge in [0.2, 0.25) is 0 Å². The summed E-state index contributed by atoms with van der Waals surface area (Å²) < 4.78 is 6.01. The minimum atomic E-state index is 0.272. The molecule has 3 nitrogen and oxygen atoms in total. The van der Waals surface area contributed by atoms with Crippen molar-refractivity contribution in [1.29, 1.82) is 0 Å². The fourth-order valence-electron chi connectivity index (χ4n) is 2.72. The van der Waals surface area contributed by atoms with Crippen LogP contribution in [0, 0.1) is 0 Å². The number of fused-ring (bicyclic) bond motifs is 3. The standard InChI is InChI=1S/C19H16N2O/c1-12(2)16-18-17(14-10-6-7-11-15(14)22-18)21-19(20-16)13-8-4-3-5-9-13/h3-12H,1-2H3. The highest BCUT2D eigenvalue weighted by Crippen LogP contribution is 2.33. The molecule has 22 heavy (non-hydrogen) atoms. The lowest BCUT2D eigenvalue weighted by Crippen LogP contribution is -1.98. The van der Waals surface area contributed by atoms with Crippen LogP contribution in [0.15, 0.2) is 59.0 Å². The van der Waals surface area contributed by atoms with Crippen LogP contribution in [0.4, 0.5) is 0 Å². The van der Waals surface area contributed by atoms with E-state index in [4.69, 9.17) is 14.4 Å². The van der Waals surface area contributed by atoms with Crippen molar-refractivity contribution in [2.75, 3.05) is 0 Å². The summed E-state index contributed by atoms with van der Waals surface area (Å²) in [6, 6.07) is 18.1. The predicted octanol–water partition coefficient (Wildman–Crippen LogP) is 5.17. The van der Waals surface area contributed by atoms with Crippen molar-refractivity contribution in [3.63, 3.8) is 0 Å². The van der Waals surface area contributed by atoms with E-state index >= 15 is 0 Å². The molecule has 0 unspecified atom stereocenters. The van der Waals surface area contributed by atoms with Crippen LogP contribution in [0.1, 0.15) is 25.5 Å². The van der Waals surface area contributed by atoms with Crippen LogP contribution >= 0.6 is 0 Å². The molecular formula is C19H16N2O. The third kappa shape index (κ3) is 1.98. The normalized spacial score (nSPS) is 11.6. The van der Waals surface area contributed by atoms with E-state index in [1.165, 1.54) is 0 Å². The molecular weight excluding hydrogens is 272 g/mol. The molecule has 2 aromatic carbocycles. The summed E-state index contributed by atoms with van der Waals surface area (Å²) >= 11 is 0. The summed E-state index contributed by atoms with van der Waals surface area (Å²) in [6.45, 7) is 4.26. The van der Waals surface area contributed by atoms with Gasteiger partial charge in [-0.2, -0.15) is 0 Å². The summed E-state index contributed by atoms with van der Waals surface area (Å²) in [5, 5.41) is 1.04. The fourth-order valence-corrected chi connectivity index (χ4v) is 2.72. The molecule has 0 aliphatic rings. The van der Waals surface area contributed by atoms with Crippen LogP contribution in [-0.4, -0.2) is 9.97 Å². The average Bonchev–Trinajstić information content (AvgIpc) is 2.93. The van der Waals surface area contributed by atoms with Gasteiger partial charge in [-0.3, -0.25) is 0 Å². The zero-order valence-electron chi connectivity index (χ0n) is 12.6. The van der Waals surface area contributed by atoms with E-state index in [0.717, 1.165) is 39.2 Å². The van der Waals surface area contributed by atoms with Gasteiger partial charge in [0.15, 0.2) is 11.4 Å². The molecule has 0 aliphatic carbocycles. The Hall–Kier alpha value is -2.68. The van der Waals surface area contributed by atoms with Gasteiger partial charge < -0.3 is 4.42 Å². The minimum absolute atomic E-state index is 0.272. The van der Waals surface area contributed by atoms with Crippen molar-refractivity contribution >= 4 is 22.1 Å². The van der Waals surface area contributed by atoms with Crippen molar-refractivity contribution in [1.82, 2.24) is 9.97 Å². The molecule has 0 radical (unpaired) electrons. The van der Waals surface area contributed by atoms with E-state index in [9.17, 15) is 0 Å². The molecule has 0 spiro atoms. The quantitative estimate of drug-likeness (QED) is 0.511. The van der Waals surface area contributed by atoms with Gasteiger partial charge in [0.1, 0.15) is 11.1 Å². The van der Waals surface area contributed by atoms with E-state index in [-0.39, 0.29) is 5.92 Å². The molecule has 0 saturated carbocycles. The van der Waals surface area contributed by atoms with E-state index < -0.39 is 0 Å². The molecule has 2 heterocycles. The molecule has 0 bridgehead atoms. The van der Waals surface area contributed by atoms with E-state index in [0.29, 0.717) is 0 Å². The minimum Gasteiger partial charge on any atom is -0.452 e. The summed E-state index contributed by atoms with van der Waals surface area (Å²) in [5.41, 5.74) is 4.54. The van der Waals surface area contributed by atoms with Gasteiger partial charge in [0.25, 0.3) is 0 Å². The largest absolute Gasteiger partial charge is 0.452 e. The number of benzene rings is 2. The molecule has 0 fully saturated rings. The number of nitrogens with zero attached hydrogens (tertiary/aromatic N) is 2. The molecule has 0 N–H and O–H groups in total. The Kier molecular flexibility index (Phi) is 2.93. The van der Waals surface area contributed by atoms with Crippen LogP contribution in [0.25, 0.3) is 33.5 Å². The van der Waals surface area contributed by atoms with E-state index in [1.807, 2.05) is 54.6 Å². The Bertz CT molecular complexity index is 955. The maximum absolute atomic E-state index is 6.01. The van der Waals surface area contributed by atoms with Gasteiger partial charge in [0, 0.05) is 10.9 Å². The second-order valence-corrected chi connectivity index (χ2v) is 5.73. The highest BCUT2D eigenvalue weighted by atomic mass is 16.3. The SMILES string of the molecule is CC(C)c1nc(-c2ccccc2)nc2c1oc1ccccc12. The number of furan rings is 1. The van der Waals surface area contributed by atoms with Crippen LogP contribution in [0.2, 0.25) is 0 Å². The first kappa shape index (κ1) is 13.0. The van der Waals surface area contributed by atoms with Gasteiger partial charge in [0.05, 0.1) is 5.69 Å². The Balaban J connectivity index is 2.10. The van der Waals surface area contributed by atoms with Crippen LogP contribution in [0.5, 0.6) is 0 Å². The summed E-state index contributed by atoms with van der Waals surface area (Å²) in [4.78, 5) is 9.53. The van der Waals surface area contributed by atoms with Crippen LogP contribution in [0.3, 0.4) is 0 Å². The highest BCUT2D eigenvalue weighted by molar-refractivity contribution is 6.03. The number of hydrogen-bond donors (Lipinski definition) is 0. The van der Waals surface area contributed by atoms with E-state index in [2.05, 4.69) is 13.8 Å². The van der Waals surface area contributed by atoms with Gasteiger partial charge >= 0.3 is 0 Å². The van der Waals surface area contributed by atoms with Crippen molar-refractivity contribution in [3.05, 3.63) is 60.3 Å². The topological polar surface area (TPSA) is 38.9 Å². The maximum atomic E-state index is 6.01. The summed E-state index contributed by atoms with van der Waals surface area (Å²) in [7, 11) is 0. The lowest BCUT2D eigenvalue weighted by Gasteiger charge is -2.07. The summed E-state index contributed by atoms with van der Waals surface area (Å²) in [5.74, 6) is 1.02. The van der Waals surface area contributed by atoms with Gasteiger partial charge in [-0.15, -0.1) is 0 Å². The lowest BCUT2D eigenvalue weighted by molar-refractivity contribution is 0.649. The molecule has 3 heteroatoms. The first-order chi connectivity index (χ1) is 10.7. The first-order valence-corrected chi connectivity index (χ1v) is 7.48. The third-order valence-corrected chi connectivity index (χ3v) is 3.82. The molecule has 0 atom stereocenters. The molecule has 4 rings (SSSR count). The number of aromatic nitrogens is 2. The maximum Gasteiger partial charge on any atom is 0.175 e. The zero-order valence-corrected chi connectivity index (χ0v) is 12.6. The van der Waals surface area contributed by atoms with Crippen molar-refractivity contribution in [2.24, 2.45) is 0 Å². The predicted molar refractivity (Wildman–Crippen MR) is 88.8 cm³/mol. The summed E-state index contributed by atoms with van der Waals surface area (Å²) in [6.07, 6.45) is 0. The number of para-hydroxylation sites is 1. The monoisotopic (exact) mass is 288 g/mol. The second kappa shape index (κ2) is 4.95. The van der Waals surface area contributed by atoms with Crippen LogP contribution < -0.4 is 0 Å². The fraction of sp³-hybridized carbons (Fsp3) is 0.158. The smallest absolute Gasteiger partial charge is 0.175 e. The highest BCUT2D eigenvalue weighted by Gasteiger charge is 2.18. The van der Waals surface area contributed by atoms with Crippen molar-refractivity contribution in [3.8, 4) is 11.4 Å². The Morgan fingerprint density at radius 2 is 1.59 bits per heavy atom. The van der Waals surface area contributed by atoms with Gasteiger partial charge in [-0.1, -0.05) is 56.3 Å². The first-order valence-electron chi connectivity index (χ1n) is 7.48. The van der Waals surface area contributed by atoms with Crippen molar-refractivity contribution in [2.45, 2.75) is 19.8 Å². The second-order valence-electron chi connectivity index (χ2n) is 5.73. The lowest BCUT2D eigenvalue weighted by atomic mass is 10.1. The molecule has 2 aromatic heterocycles. The Morgan fingerprint density at radius 3 is 2.36 bits per heavy atom. The molecule has 4 aromatic rings. The van der Waals surface area contributed by atoms with Crippen molar-refractivity contribution < 1.29 is 4.42 Å². The van der Waals surface area contributed by atoms with Crippen LogP contribution in [-0.2, 0) is 0 Å². The number of hydrogen-bond acceptors (Lipinski definition) is 3.